The van der Waals surface area contributed by atoms with Crippen LogP contribution in [0.5, 0.6) is 5.75 Å². The molecule has 0 saturated carbocycles. The van der Waals surface area contributed by atoms with E-state index in [1.54, 1.807) is 26.0 Å². The number of amides is 3. The zero-order valence-corrected chi connectivity index (χ0v) is 30.0. The minimum atomic E-state index is -2.39. The molecule has 15 heteroatoms. The lowest BCUT2D eigenvalue weighted by atomic mass is 9.90. The second-order valence-corrected chi connectivity index (χ2v) is 13.2. The van der Waals surface area contributed by atoms with Crippen LogP contribution in [-0.2, 0) is 14.4 Å². The Morgan fingerprint density at radius 2 is 1.80 bits per heavy atom. The molecule has 13 nitrogen and oxygen atoms in total. The first-order valence-corrected chi connectivity index (χ1v) is 18.5. The molecule has 2 unspecified atom stereocenters. The number of nitrogens with one attached hydrogen (secondary N) is 2. The van der Waals surface area contributed by atoms with Gasteiger partial charge in [-0.05, 0) is 81.1 Å². The highest BCUT2D eigenvalue weighted by Crippen LogP contribution is 2.31. The molecule has 4 N–H and O–H groups in total. The Morgan fingerprint density at radius 3 is 2.45 bits per heavy atom. The van der Waals surface area contributed by atoms with E-state index in [0.717, 1.165) is 49.9 Å². The highest BCUT2D eigenvalue weighted by Gasteiger charge is 2.34. The molecule has 3 amide bonds. The van der Waals surface area contributed by atoms with Crippen molar-refractivity contribution in [2.75, 3.05) is 31.3 Å². The fraction of sp³-hybridized carbons (Fsp3) is 0.444. The fourth-order valence-corrected chi connectivity index (χ4v) is 6.55. The van der Waals surface area contributed by atoms with E-state index in [1.807, 2.05) is 11.8 Å². The fourth-order valence-electron chi connectivity index (χ4n) is 6.05. The summed E-state index contributed by atoms with van der Waals surface area (Å²) < 4.78 is 26.2. The average Bonchev–Trinajstić information content (AvgIpc) is 3.84. The van der Waals surface area contributed by atoms with Gasteiger partial charge < -0.3 is 39.3 Å². The summed E-state index contributed by atoms with van der Waals surface area (Å²) in [4.78, 5) is 78.5. The van der Waals surface area contributed by atoms with E-state index in [4.69, 9.17) is 14.0 Å². The van der Waals surface area contributed by atoms with E-state index in [1.165, 1.54) is 30.3 Å². The number of hydrogen-bond donors (Lipinski definition) is 4. The molecular weight excluding hydrogens is 682 g/mol. The Balaban J connectivity index is 1.40. The minimum absolute atomic E-state index is 0.0484. The molecule has 1 aliphatic heterocycles. The lowest BCUT2D eigenvalue weighted by molar-refractivity contribution is -0.171. The van der Waals surface area contributed by atoms with Crippen molar-refractivity contribution in [2.45, 2.75) is 71.8 Å². The van der Waals surface area contributed by atoms with Gasteiger partial charge in [-0.15, -0.1) is 0 Å². The molecule has 1 saturated heterocycles. The summed E-state index contributed by atoms with van der Waals surface area (Å²) >= 11 is 0. The maximum Gasteiger partial charge on any atom is 0.363 e. The maximum absolute atomic E-state index is 14.9. The Labute approximate surface area is 298 Å². The van der Waals surface area contributed by atoms with Crippen molar-refractivity contribution in [2.24, 2.45) is 5.92 Å². The molecule has 4 rings (SSSR count). The molecule has 1 aromatic heterocycles. The molecule has 3 aromatic rings. The number of hydroxylamine groups is 2. The number of rotatable bonds is 19. The molecule has 2 aromatic carbocycles. The zero-order valence-electron chi connectivity index (χ0n) is 29.1. The van der Waals surface area contributed by atoms with Crippen LogP contribution in [0.1, 0.15) is 86.6 Å². The largest absolute Gasteiger partial charge is 0.494 e. The van der Waals surface area contributed by atoms with Gasteiger partial charge in [-0.1, -0.05) is 33.1 Å². The van der Waals surface area contributed by atoms with E-state index in [2.05, 4.69) is 10.6 Å². The molecule has 2 atom stereocenters. The van der Waals surface area contributed by atoms with E-state index in [0.29, 0.717) is 48.6 Å². The van der Waals surface area contributed by atoms with Crippen LogP contribution in [-0.4, -0.2) is 71.5 Å². The zero-order chi connectivity index (χ0) is 36.9. The standard InChI is InChI=1S/C36H46FN4O9P/c1-4-7-8-11-28(30(5-2)41(23-42)50-36(45)24-12-13-31(29(37)20-24)40-16-9-10-17-40)34(43)38-22-39-35(44)33-15-14-32(49-33)25-18-26(48-6-3)21-27(19-25)51(46)47/h12-15,18-21,23,28,30,46-47H,4-11,16-17,22H2,1-3H3,(H,38,43)(H,39,44). The lowest BCUT2D eigenvalue weighted by Gasteiger charge is -2.31. The average molecular weight is 729 g/mol. The lowest BCUT2D eigenvalue weighted by Crippen LogP contribution is -2.49. The molecule has 276 valence electrons. The molecule has 0 aliphatic carbocycles. The van der Waals surface area contributed by atoms with E-state index in [-0.39, 0.29) is 29.7 Å². The van der Waals surface area contributed by atoms with Crippen molar-refractivity contribution in [1.29, 1.82) is 0 Å². The number of hydrogen-bond acceptors (Lipinski definition) is 10. The number of ether oxygens (including phenoxy) is 1. The predicted molar refractivity (Wildman–Crippen MR) is 190 cm³/mol. The van der Waals surface area contributed by atoms with Crippen LogP contribution < -0.4 is 25.6 Å². The maximum atomic E-state index is 14.9. The molecule has 0 bridgehead atoms. The number of carbonyl (C=O) groups is 4. The number of benzene rings is 2. The summed E-state index contributed by atoms with van der Waals surface area (Å²) in [7, 11) is -2.39. The van der Waals surface area contributed by atoms with Crippen LogP contribution >= 0.6 is 8.38 Å². The second kappa shape index (κ2) is 19.2. The molecule has 1 fully saturated rings. The number of halogens is 1. The number of anilines is 1. The third kappa shape index (κ3) is 10.5. The number of unbranched alkanes of at least 4 members (excludes halogenated alkanes) is 2. The van der Waals surface area contributed by atoms with Gasteiger partial charge in [0.25, 0.3) is 5.91 Å². The molecule has 51 heavy (non-hydrogen) atoms. The SMILES string of the molecule is CCCCCC(C(=O)NCNC(=O)c1ccc(-c2cc(OCC)cc(P(O)O)c2)o1)C(CC)N(C=O)OC(=O)c1ccc(N2CCCC2)c(F)c1. The number of nitrogens with zero attached hydrogens (tertiary/aromatic N) is 2. The Kier molecular flexibility index (Phi) is 14.8. The quantitative estimate of drug-likeness (QED) is 0.0432. The van der Waals surface area contributed by atoms with Crippen LogP contribution in [0.3, 0.4) is 0 Å². The van der Waals surface area contributed by atoms with Crippen LogP contribution in [0.2, 0.25) is 0 Å². The normalized spacial score (nSPS) is 13.8. The first kappa shape index (κ1) is 39.3. The van der Waals surface area contributed by atoms with Gasteiger partial charge in [0, 0.05) is 24.0 Å². The van der Waals surface area contributed by atoms with Crippen molar-refractivity contribution < 1.29 is 47.3 Å². The van der Waals surface area contributed by atoms with Crippen molar-refractivity contribution >= 4 is 43.6 Å². The molecular formula is C36H46FN4O9P. The van der Waals surface area contributed by atoms with Crippen molar-refractivity contribution in [3.63, 3.8) is 0 Å². The van der Waals surface area contributed by atoms with Gasteiger partial charge in [-0.25, -0.2) is 9.18 Å². The van der Waals surface area contributed by atoms with Gasteiger partial charge in [0.15, 0.2) is 14.1 Å². The van der Waals surface area contributed by atoms with Gasteiger partial charge in [-0.3, -0.25) is 14.4 Å². The third-order valence-corrected chi connectivity index (χ3v) is 9.37. The van der Waals surface area contributed by atoms with Crippen molar-refractivity contribution in [1.82, 2.24) is 15.7 Å². The van der Waals surface area contributed by atoms with Crippen LogP contribution in [0.15, 0.2) is 52.9 Å². The summed E-state index contributed by atoms with van der Waals surface area (Å²) in [5.41, 5.74) is 0.812. The highest BCUT2D eigenvalue weighted by molar-refractivity contribution is 7.54. The summed E-state index contributed by atoms with van der Waals surface area (Å²) in [5.74, 6) is -2.72. The Morgan fingerprint density at radius 1 is 1.04 bits per heavy atom. The number of carbonyl (C=O) groups excluding carboxylic acids is 4. The smallest absolute Gasteiger partial charge is 0.363 e. The van der Waals surface area contributed by atoms with Crippen LogP contribution in [0, 0.1) is 11.7 Å². The third-order valence-electron chi connectivity index (χ3n) is 8.65. The topological polar surface area (TPSA) is 171 Å². The van der Waals surface area contributed by atoms with Gasteiger partial charge in [0.05, 0.1) is 36.5 Å². The minimum Gasteiger partial charge on any atom is -0.494 e. The van der Waals surface area contributed by atoms with E-state index < -0.39 is 43.9 Å². The summed E-state index contributed by atoms with van der Waals surface area (Å²) in [5, 5.41) is 6.34. The predicted octanol–water partition coefficient (Wildman–Crippen LogP) is 5.02. The molecule has 0 radical (unpaired) electrons. The number of furan rings is 1. The summed E-state index contributed by atoms with van der Waals surface area (Å²) in [6.07, 6.45) is 5.29. The first-order valence-electron chi connectivity index (χ1n) is 17.2. The van der Waals surface area contributed by atoms with Gasteiger partial charge in [0.2, 0.25) is 12.3 Å². The summed E-state index contributed by atoms with van der Waals surface area (Å²) in [6.45, 7) is 7.13. The monoisotopic (exact) mass is 728 g/mol. The van der Waals surface area contributed by atoms with E-state index in [9.17, 15) is 33.4 Å². The summed E-state index contributed by atoms with van der Waals surface area (Å²) in [6, 6.07) is 10.9. The van der Waals surface area contributed by atoms with Crippen molar-refractivity contribution in [3.8, 4) is 17.1 Å². The van der Waals surface area contributed by atoms with E-state index >= 15 is 0 Å². The Bertz CT molecular complexity index is 1650. The van der Waals surface area contributed by atoms with Gasteiger partial charge >= 0.3 is 5.97 Å². The highest BCUT2D eigenvalue weighted by atomic mass is 31.2. The van der Waals surface area contributed by atoms with Crippen molar-refractivity contribution in [3.05, 3.63) is 65.7 Å². The first-order chi connectivity index (χ1) is 24.6. The van der Waals surface area contributed by atoms with Gasteiger partial charge in [-0.2, -0.15) is 5.06 Å². The Hall–Kier alpha value is -4.52. The van der Waals surface area contributed by atoms with Crippen LogP contribution in [0.4, 0.5) is 10.1 Å². The second-order valence-electron chi connectivity index (χ2n) is 12.1. The van der Waals surface area contributed by atoms with Crippen LogP contribution in [0.25, 0.3) is 11.3 Å². The molecule has 1 aliphatic rings. The molecule has 2 heterocycles. The molecule has 0 spiro atoms. The van der Waals surface area contributed by atoms with Gasteiger partial charge in [0.1, 0.15) is 17.3 Å².